The van der Waals surface area contributed by atoms with E-state index in [1.54, 1.807) is 5.57 Å². The Morgan fingerprint density at radius 1 is 1.09 bits per heavy atom. The lowest BCUT2D eigenvalue weighted by Gasteiger charge is -2.59. The minimum atomic E-state index is -0.440. The Kier molecular flexibility index (Phi) is 6.30. The SMILES string of the molecule is CC[C@]1(O)CC[C@@]2(C)C(=CC[C@H]3[C@@H]4CC[C@H]([C@H](C)CCCc5ccccn5)[C@@]4(C)CC[C@@H]32)C1. The van der Waals surface area contributed by atoms with Crippen LogP contribution in [0, 0.1) is 40.4 Å². The van der Waals surface area contributed by atoms with Crippen molar-refractivity contribution in [2.45, 2.75) is 110 Å². The lowest BCUT2D eigenvalue weighted by Crippen LogP contribution is -2.52. The second-order valence-electron chi connectivity index (χ2n) is 12.9. The number of nitrogens with zero attached hydrogens (tertiary/aromatic N) is 1. The highest BCUT2D eigenvalue weighted by molar-refractivity contribution is 5.27. The third kappa shape index (κ3) is 4.03. The fourth-order valence-corrected chi connectivity index (χ4v) is 9.34. The van der Waals surface area contributed by atoms with Gasteiger partial charge in [-0.2, -0.15) is 0 Å². The molecule has 0 saturated heterocycles. The molecule has 3 fully saturated rings. The zero-order valence-electron chi connectivity index (χ0n) is 21.7. The zero-order valence-corrected chi connectivity index (χ0v) is 21.7. The van der Waals surface area contributed by atoms with Crippen molar-refractivity contribution in [1.82, 2.24) is 4.98 Å². The van der Waals surface area contributed by atoms with Gasteiger partial charge in [-0.15, -0.1) is 0 Å². The van der Waals surface area contributed by atoms with Crippen LogP contribution in [0.4, 0.5) is 0 Å². The smallest absolute Gasteiger partial charge is 0.0682 e. The normalized spacial score (nSPS) is 43.2. The third-order valence-corrected chi connectivity index (χ3v) is 11.5. The van der Waals surface area contributed by atoms with Crippen LogP contribution in [-0.2, 0) is 6.42 Å². The number of aromatic nitrogens is 1. The summed E-state index contributed by atoms with van der Waals surface area (Å²) in [5, 5.41) is 11.0. The largest absolute Gasteiger partial charge is 0.390 e. The molecule has 0 radical (unpaired) electrons. The van der Waals surface area contributed by atoms with Crippen LogP contribution < -0.4 is 0 Å². The third-order valence-electron chi connectivity index (χ3n) is 11.5. The van der Waals surface area contributed by atoms with Gasteiger partial charge in [-0.1, -0.05) is 51.8 Å². The monoisotopic (exact) mass is 449 g/mol. The number of rotatable bonds is 6. The summed E-state index contributed by atoms with van der Waals surface area (Å²) in [6.45, 7) is 9.96. The van der Waals surface area contributed by atoms with E-state index in [-0.39, 0.29) is 0 Å². The van der Waals surface area contributed by atoms with E-state index in [2.05, 4.69) is 50.9 Å². The topological polar surface area (TPSA) is 33.1 Å². The summed E-state index contributed by atoms with van der Waals surface area (Å²) in [5.41, 5.74) is 3.30. The molecule has 33 heavy (non-hydrogen) atoms. The lowest BCUT2D eigenvalue weighted by molar-refractivity contribution is -0.0754. The number of allylic oxidation sites excluding steroid dienone is 1. The molecule has 1 heterocycles. The molecular weight excluding hydrogens is 402 g/mol. The zero-order chi connectivity index (χ0) is 23.3. The molecule has 1 aromatic heterocycles. The number of aliphatic hydroxyl groups is 1. The number of aryl methyl sites for hydroxylation is 1. The highest BCUT2D eigenvalue weighted by Gasteiger charge is 2.59. The quantitative estimate of drug-likeness (QED) is 0.450. The van der Waals surface area contributed by atoms with E-state index in [4.69, 9.17) is 0 Å². The predicted octanol–water partition coefficient (Wildman–Crippen LogP) is 7.76. The number of hydrogen-bond acceptors (Lipinski definition) is 2. The van der Waals surface area contributed by atoms with Crippen LogP contribution in [-0.4, -0.2) is 15.7 Å². The second-order valence-corrected chi connectivity index (χ2v) is 12.9. The summed E-state index contributed by atoms with van der Waals surface area (Å²) in [4.78, 5) is 4.53. The summed E-state index contributed by atoms with van der Waals surface area (Å²) in [6.07, 6.45) is 19.3. The molecule has 4 aliphatic carbocycles. The van der Waals surface area contributed by atoms with Gasteiger partial charge in [0.25, 0.3) is 0 Å². The number of hydrogen-bond donors (Lipinski definition) is 1. The molecule has 1 N–H and O–H groups in total. The van der Waals surface area contributed by atoms with Gasteiger partial charge in [0.2, 0.25) is 0 Å². The van der Waals surface area contributed by atoms with E-state index < -0.39 is 5.60 Å². The van der Waals surface area contributed by atoms with Crippen LogP contribution in [0.5, 0.6) is 0 Å². The van der Waals surface area contributed by atoms with Gasteiger partial charge in [-0.05, 0) is 123 Å². The molecular formula is C31H47NO. The maximum Gasteiger partial charge on any atom is 0.0682 e. The fourth-order valence-electron chi connectivity index (χ4n) is 9.34. The van der Waals surface area contributed by atoms with Crippen LogP contribution in [0.1, 0.15) is 104 Å². The first-order valence-electron chi connectivity index (χ1n) is 14.1. The van der Waals surface area contributed by atoms with E-state index >= 15 is 0 Å². The van der Waals surface area contributed by atoms with Crippen LogP contribution in [0.25, 0.3) is 0 Å². The molecule has 0 bridgehead atoms. The summed E-state index contributed by atoms with van der Waals surface area (Å²) in [6, 6.07) is 6.31. The number of pyridine rings is 1. The average Bonchev–Trinajstić information content (AvgIpc) is 3.17. The minimum absolute atomic E-state index is 0.345. The Morgan fingerprint density at radius 3 is 2.70 bits per heavy atom. The summed E-state index contributed by atoms with van der Waals surface area (Å²) in [7, 11) is 0. The van der Waals surface area contributed by atoms with Gasteiger partial charge in [0.1, 0.15) is 0 Å². The van der Waals surface area contributed by atoms with Gasteiger partial charge < -0.3 is 5.11 Å². The second kappa shape index (κ2) is 8.81. The molecule has 2 nitrogen and oxygen atoms in total. The highest BCUT2D eigenvalue weighted by Crippen LogP contribution is 2.67. The maximum atomic E-state index is 11.0. The predicted molar refractivity (Wildman–Crippen MR) is 137 cm³/mol. The van der Waals surface area contributed by atoms with Crippen molar-refractivity contribution >= 4 is 0 Å². The molecule has 1 aromatic rings. The molecule has 182 valence electrons. The highest BCUT2D eigenvalue weighted by atomic mass is 16.3. The Morgan fingerprint density at radius 2 is 1.94 bits per heavy atom. The van der Waals surface area contributed by atoms with Gasteiger partial charge in [0.05, 0.1) is 5.60 Å². The first-order valence-corrected chi connectivity index (χ1v) is 14.1. The Bertz CT molecular complexity index is 863. The van der Waals surface area contributed by atoms with Gasteiger partial charge in [-0.25, -0.2) is 0 Å². The van der Waals surface area contributed by atoms with Crippen LogP contribution in [0.3, 0.4) is 0 Å². The van der Waals surface area contributed by atoms with Crippen molar-refractivity contribution in [3.63, 3.8) is 0 Å². The molecule has 0 spiro atoms. The standard InChI is InChI=1S/C31H47NO/c1-5-31(33)19-18-29(3)23(21-31)12-13-25-27-15-14-26(30(27,4)17-16-28(25)29)22(2)9-8-11-24-10-6-7-20-32-24/h6-7,10,12,20,22,25-28,33H,5,8-9,11,13-19,21H2,1-4H3/t22-,25+,26-,27+,28+,29+,30-,31+/m1/s1. The van der Waals surface area contributed by atoms with Crippen molar-refractivity contribution < 1.29 is 5.11 Å². The van der Waals surface area contributed by atoms with E-state index in [1.165, 1.54) is 57.1 Å². The first-order chi connectivity index (χ1) is 15.8. The maximum absolute atomic E-state index is 11.0. The van der Waals surface area contributed by atoms with Crippen LogP contribution >= 0.6 is 0 Å². The van der Waals surface area contributed by atoms with Crippen molar-refractivity contribution in [2.75, 3.05) is 0 Å². The molecule has 0 unspecified atom stereocenters. The fraction of sp³-hybridized carbons (Fsp3) is 0.774. The van der Waals surface area contributed by atoms with Crippen LogP contribution in [0.2, 0.25) is 0 Å². The van der Waals surface area contributed by atoms with Crippen molar-refractivity contribution in [1.29, 1.82) is 0 Å². The van der Waals surface area contributed by atoms with Crippen LogP contribution in [0.15, 0.2) is 36.0 Å². The average molecular weight is 450 g/mol. The van der Waals surface area contributed by atoms with Crippen molar-refractivity contribution in [3.8, 4) is 0 Å². The Balaban J connectivity index is 1.27. The van der Waals surface area contributed by atoms with E-state index in [1.807, 2.05) is 12.3 Å². The first kappa shape index (κ1) is 23.6. The summed E-state index contributed by atoms with van der Waals surface area (Å²) >= 11 is 0. The Hall–Kier alpha value is -1.15. The van der Waals surface area contributed by atoms with Crippen molar-refractivity contribution in [2.24, 2.45) is 40.4 Å². The lowest BCUT2D eigenvalue weighted by atomic mass is 9.46. The molecule has 0 amide bonds. The molecule has 5 rings (SSSR count). The van der Waals surface area contributed by atoms with Crippen molar-refractivity contribution in [3.05, 3.63) is 41.7 Å². The summed E-state index contributed by atoms with van der Waals surface area (Å²) in [5.74, 6) is 4.33. The molecule has 0 aromatic carbocycles. The Labute approximate surface area is 202 Å². The molecule has 3 saturated carbocycles. The van der Waals surface area contributed by atoms with Gasteiger partial charge in [0.15, 0.2) is 0 Å². The van der Waals surface area contributed by atoms with E-state index in [0.717, 1.165) is 55.3 Å². The summed E-state index contributed by atoms with van der Waals surface area (Å²) < 4.78 is 0. The molecule has 0 aliphatic heterocycles. The minimum Gasteiger partial charge on any atom is -0.390 e. The van der Waals surface area contributed by atoms with E-state index in [0.29, 0.717) is 10.8 Å². The van der Waals surface area contributed by atoms with Gasteiger partial charge in [-0.3, -0.25) is 4.98 Å². The van der Waals surface area contributed by atoms with E-state index in [9.17, 15) is 5.11 Å². The number of fused-ring (bicyclic) bond motifs is 5. The van der Waals surface area contributed by atoms with Gasteiger partial charge >= 0.3 is 0 Å². The van der Waals surface area contributed by atoms with Gasteiger partial charge in [0, 0.05) is 11.9 Å². The molecule has 4 aliphatic rings. The molecule has 2 heteroatoms. The molecule has 8 atom stereocenters.